The highest BCUT2D eigenvalue weighted by atomic mass is 15.0. The molecule has 4 heteroatoms. The highest BCUT2D eigenvalue weighted by Gasteiger charge is 1.97. The van der Waals surface area contributed by atoms with Crippen LogP contribution in [-0.4, -0.2) is 9.97 Å². The van der Waals surface area contributed by atoms with Crippen molar-refractivity contribution < 1.29 is 0 Å². The third-order valence-corrected chi connectivity index (χ3v) is 2.48. The first-order valence-corrected chi connectivity index (χ1v) is 5.59. The number of aromatic nitrogens is 2. The van der Waals surface area contributed by atoms with Crippen molar-refractivity contribution in [3.05, 3.63) is 53.5 Å². The van der Waals surface area contributed by atoms with Crippen LogP contribution in [0.25, 0.3) is 0 Å². The minimum Gasteiger partial charge on any atom is -0.366 e. The molecule has 3 N–H and O–H groups in total. The zero-order valence-electron chi connectivity index (χ0n) is 9.85. The topological polar surface area (TPSA) is 63.8 Å². The van der Waals surface area contributed by atoms with E-state index in [1.807, 2.05) is 6.07 Å². The van der Waals surface area contributed by atoms with Gasteiger partial charge in [-0.1, -0.05) is 29.8 Å². The smallest absolute Gasteiger partial charge is 0.144 e. The Bertz CT molecular complexity index is 479. The fourth-order valence-electron chi connectivity index (χ4n) is 1.49. The van der Waals surface area contributed by atoms with E-state index in [1.54, 1.807) is 6.20 Å². The molecule has 0 aliphatic heterocycles. The maximum absolute atomic E-state index is 5.49. The molecule has 0 aliphatic carbocycles. The van der Waals surface area contributed by atoms with Crippen molar-refractivity contribution in [3.63, 3.8) is 0 Å². The van der Waals surface area contributed by atoms with Crippen LogP contribution in [0.3, 0.4) is 0 Å². The summed E-state index contributed by atoms with van der Waals surface area (Å²) in [6.45, 7) is 3.19. The van der Waals surface area contributed by atoms with Gasteiger partial charge in [-0.15, -0.1) is 0 Å². The maximum atomic E-state index is 5.49. The molecule has 2 aromatic rings. The molecule has 0 atom stereocenters. The van der Waals surface area contributed by atoms with Crippen LogP contribution in [-0.2, 0) is 13.1 Å². The van der Waals surface area contributed by atoms with Crippen molar-refractivity contribution in [2.75, 3.05) is 5.32 Å². The lowest BCUT2D eigenvalue weighted by atomic mass is 10.1. The van der Waals surface area contributed by atoms with Gasteiger partial charge in [0.05, 0.1) is 6.54 Å². The van der Waals surface area contributed by atoms with Crippen LogP contribution in [0, 0.1) is 6.92 Å². The van der Waals surface area contributed by atoms with Gasteiger partial charge in [0, 0.05) is 12.7 Å². The molecule has 4 nitrogen and oxygen atoms in total. The minimum absolute atomic E-state index is 0.361. The standard InChI is InChI=1S/C13H16N4/c1-10-2-4-11(5-3-10)9-16-12-6-7-15-13(8-14)17-12/h2-7H,8-9,14H2,1H3,(H,15,16,17). The summed E-state index contributed by atoms with van der Waals surface area (Å²) in [7, 11) is 0. The lowest BCUT2D eigenvalue weighted by molar-refractivity contribution is 0.904. The van der Waals surface area contributed by atoms with Crippen LogP contribution >= 0.6 is 0 Å². The molecule has 0 unspecified atom stereocenters. The van der Waals surface area contributed by atoms with Gasteiger partial charge in [-0.3, -0.25) is 0 Å². The van der Waals surface area contributed by atoms with Crippen molar-refractivity contribution in [3.8, 4) is 0 Å². The predicted molar refractivity (Wildman–Crippen MR) is 68.4 cm³/mol. The van der Waals surface area contributed by atoms with Gasteiger partial charge < -0.3 is 11.1 Å². The first-order chi connectivity index (χ1) is 8.28. The number of hydrogen-bond acceptors (Lipinski definition) is 4. The second-order valence-corrected chi connectivity index (χ2v) is 3.90. The summed E-state index contributed by atoms with van der Waals surface area (Å²) in [5.74, 6) is 1.46. The Hall–Kier alpha value is -1.94. The zero-order valence-corrected chi connectivity index (χ0v) is 9.85. The number of anilines is 1. The molecule has 17 heavy (non-hydrogen) atoms. The summed E-state index contributed by atoms with van der Waals surface area (Å²) < 4.78 is 0. The van der Waals surface area contributed by atoms with Gasteiger partial charge in [0.25, 0.3) is 0 Å². The summed E-state index contributed by atoms with van der Waals surface area (Å²) >= 11 is 0. The van der Waals surface area contributed by atoms with E-state index >= 15 is 0 Å². The van der Waals surface area contributed by atoms with E-state index < -0.39 is 0 Å². The quantitative estimate of drug-likeness (QED) is 0.838. The van der Waals surface area contributed by atoms with Gasteiger partial charge in [-0.25, -0.2) is 9.97 Å². The van der Waals surface area contributed by atoms with Gasteiger partial charge >= 0.3 is 0 Å². The monoisotopic (exact) mass is 228 g/mol. The average molecular weight is 228 g/mol. The van der Waals surface area contributed by atoms with E-state index in [0.717, 1.165) is 12.4 Å². The first kappa shape index (κ1) is 11.5. The third kappa shape index (κ3) is 3.26. The van der Waals surface area contributed by atoms with E-state index in [4.69, 9.17) is 5.73 Å². The molecule has 2 rings (SSSR count). The summed E-state index contributed by atoms with van der Waals surface area (Å²) in [6, 6.07) is 10.2. The summed E-state index contributed by atoms with van der Waals surface area (Å²) in [4.78, 5) is 8.32. The Balaban J connectivity index is 1.99. The van der Waals surface area contributed by atoms with Gasteiger partial charge in [0.2, 0.25) is 0 Å². The molecule has 0 fully saturated rings. The van der Waals surface area contributed by atoms with Gasteiger partial charge in [-0.05, 0) is 18.6 Å². The molecule has 0 saturated heterocycles. The number of nitrogens with zero attached hydrogens (tertiary/aromatic N) is 2. The summed E-state index contributed by atoms with van der Waals surface area (Å²) in [5, 5.41) is 3.25. The lowest BCUT2D eigenvalue weighted by Gasteiger charge is -2.06. The Kier molecular flexibility index (Phi) is 3.67. The van der Waals surface area contributed by atoms with E-state index in [0.29, 0.717) is 12.4 Å². The van der Waals surface area contributed by atoms with Crippen LogP contribution in [0.5, 0.6) is 0 Å². The van der Waals surface area contributed by atoms with E-state index in [9.17, 15) is 0 Å². The molecule has 0 bridgehead atoms. The Morgan fingerprint density at radius 1 is 1.18 bits per heavy atom. The highest BCUT2D eigenvalue weighted by molar-refractivity contribution is 5.35. The Morgan fingerprint density at radius 3 is 2.65 bits per heavy atom. The van der Waals surface area contributed by atoms with Crippen molar-refractivity contribution in [2.24, 2.45) is 5.73 Å². The van der Waals surface area contributed by atoms with Crippen LogP contribution in [0.2, 0.25) is 0 Å². The van der Waals surface area contributed by atoms with Crippen molar-refractivity contribution in [1.29, 1.82) is 0 Å². The largest absolute Gasteiger partial charge is 0.366 e. The fraction of sp³-hybridized carbons (Fsp3) is 0.231. The molecular formula is C13H16N4. The predicted octanol–water partition coefficient (Wildman–Crippen LogP) is 1.86. The molecule has 0 amide bonds. The average Bonchev–Trinajstić information content (AvgIpc) is 2.38. The van der Waals surface area contributed by atoms with Crippen molar-refractivity contribution in [2.45, 2.75) is 20.0 Å². The third-order valence-electron chi connectivity index (χ3n) is 2.48. The van der Waals surface area contributed by atoms with Crippen LogP contribution in [0.15, 0.2) is 36.5 Å². The normalized spacial score (nSPS) is 10.2. The van der Waals surface area contributed by atoms with Crippen LogP contribution in [0.1, 0.15) is 17.0 Å². The van der Waals surface area contributed by atoms with E-state index in [2.05, 4.69) is 46.5 Å². The van der Waals surface area contributed by atoms with Crippen LogP contribution < -0.4 is 11.1 Å². The van der Waals surface area contributed by atoms with Crippen molar-refractivity contribution in [1.82, 2.24) is 9.97 Å². The molecule has 1 aromatic heterocycles. The second kappa shape index (κ2) is 5.41. The lowest BCUT2D eigenvalue weighted by Crippen LogP contribution is -2.07. The van der Waals surface area contributed by atoms with Gasteiger partial charge in [0.15, 0.2) is 0 Å². The van der Waals surface area contributed by atoms with Crippen LogP contribution in [0.4, 0.5) is 5.82 Å². The zero-order chi connectivity index (χ0) is 12.1. The molecule has 1 heterocycles. The molecule has 1 aromatic carbocycles. The SMILES string of the molecule is Cc1ccc(CNc2ccnc(CN)n2)cc1. The Labute approximate surface area is 101 Å². The maximum Gasteiger partial charge on any atom is 0.144 e. The van der Waals surface area contributed by atoms with Gasteiger partial charge in [-0.2, -0.15) is 0 Å². The number of hydrogen-bond donors (Lipinski definition) is 2. The molecule has 0 aliphatic rings. The molecule has 0 spiro atoms. The number of aryl methyl sites for hydroxylation is 1. The number of nitrogens with one attached hydrogen (secondary N) is 1. The Morgan fingerprint density at radius 2 is 1.94 bits per heavy atom. The van der Waals surface area contributed by atoms with E-state index in [1.165, 1.54) is 11.1 Å². The van der Waals surface area contributed by atoms with Gasteiger partial charge in [0.1, 0.15) is 11.6 Å². The fourth-order valence-corrected chi connectivity index (χ4v) is 1.49. The first-order valence-electron chi connectivity index (χ1n) is 5.59. The number of nitrogens with two attached hydrogens (primary N) is 1. The number of benzene rings is 1. The van der Waals surface area contributed by atoms with E-state index in [-0.39, 0.29) is 0 Å². The molecular weight excluding hydrogens is 212 g/mol. The van der Waals surface area contributed by atoms with Crippen molar-refractivity contribution >= 4 is 5.82 Å². The number of rotatable bonds is 4. The highest BCUT2D eigenvalue weighted by Crippen LogP contribution is 2.07. The summed E-state index contributed by atoms with van der Waals surface area (Å²) in [5.41, 5.74) is 7.98. The second-order valence-electron chi connectivity index (χ2n) is 3.90. The molecule has 0 radical (unpaired) electrons. The summed E-state index contributed by atoms with van der Waals surface area (Å²) in [6.07, 6.45) is 1.71. The minimum atomic E-state index is 0.361. The molecule has 88 valence electrons. The molecule has 0 saturated carbocycles.